The summed E-state index contributed by atoms with van der Waals surface area (Å²) >= 11 is 0. The Bertz CT molecular complexity index is 1260. The molecule has 8 nitrogen and oxygen atoms in total. The second-order valence-electron chi connectivity index (χ2n) is 15.1. The molecule has 0 bridgehead atoms. The zero-order valence-corrected chi connectivity index (χ0v) is 26.2. The molecule has 1 unspecified atom stereocenters. The van der Waals surface area contributed by atoms with E-state index < -0.39 is 9.84 Å². The highest BCUT2D eigenvalue weighted by Crippen LogP contribution is 2.68. The van der Waals surface area contributed by atoms with Gasteiger partial charge in [-0.15, -0.1) is 0 Å². The van der Waals surface area contributed by atoms with Gasteiger partial charge in [-0.2, -0.15) is 5.10 Å². The lowest BCUT2D eigenvalue weighted by atomic mass is 9.43. The first-order valence-electron chi connectivity index (χ1n) is 16.2. The second-order valence-corrected chi connectivity index (χ2v) is 17.4. The number of nitrogens with one attached hydrogen (secondary N) is 1. The lowest BCUT2D eigenvalue weighted by molar-refractivity contribution is -0.174. The predicted molar refractivity (Wildman–Crippen MR) is 159 cm³/mol. The van der Waals surface area contributed by atoms with Crippen molar-refractivity contribution in [1.82, 2.24) is 9.78 Å². The maximum atomic E-state index is 13.1. The standard InChI is InChI=1S/C32H51N3O5S/c1-19(5-10-30(38)33-29-15-20(2)34-35(29)22-12-14-41(39,40)18-22)25-8-9-26-24-7-6-21-16-23(36)11-13-31(21,3)27(24)17-28(37)32(25,26)4/h15,19,21-28,36-37H,5-14,16-18H2,1-4H3,(H,33,38)/t19-,21-,22?,23-,24+,25-,26+,27+,28+,31+,32-/m1/s1. The molecule has 11 atom stereocenters. The van der Waals surface area contributed by atoms with Crippen molar-refractivity contribution in [2.24, 2.45) is 46.3 Å². The van der Waals surface area contributed by atoms with Crippen LogP contribution in [0.15, 0.2) is 6.07 Å². The fourth-order valence-electron chi connectivity index (χ4n) is 10.8. The Morgan fingerprint density at radius 3 is 2.63 bits per heavy atom. The number of amides is 1. The second kappa shape index (κ2) is 10.6. The van der Waals surface area contributed by atoms with Crippen LogP contribution in [0.5, 0.6) is 0 Å². The minimum Gasteiger partial charge on any atom is -0.393 e. The summed E-state index contributed by atoms with van der Waals surface area (Å²) in [5, 5.41) is 29.7. The van der Waals surface area contributed by atoms with Crippen molar-refractivity contribution in [3.63, 3.8) is 0 Å². The zero-order valence-electron chi connectivity index (χ0n) is 25.4. The van der Waals surface area contributed by atoms with Gasteiger partial charge in [0.15, 0.2) is 9.84 Å². The summed E-state index contributed by atoms with van der Waals surface area (Å²) in [6, 6.07) is 1.59. The van der Waals surface area contributed by atoms with E-state index in [1.807, 2.05) is 13.0 Å². The molecule has 1 amide bonds. The van der Waals surface area contributed by atoms with Gasteiger partial charge in [-0.05, 0) is 117 Å². The molecule has 5 aliphatic rings. The van der Waals surface area contributed by atoms with E-state index >= 15 is 0 Å². The van der Waals surface area contributed by atoms with Crippen molar-refractivity contribution >= 4 is 21.6 Å². The Labute approximate surface area is 246 Å². The monoisotopic (exact) mass is 589 g/mol. The van der Waals surface area contributed by atoms with Crippen LogP contribution in [0.3, 0.4) is 0 Å². The number of sulfone groups is 1. The third kappa shape index (κ3) is 5.09. The maximum Gasteiger partial charge on any atom is 0.225 e. The van der Waals surface area contributed by atoms with E-state index in [-0.39, 0.29) is 46.5 Å². The van der Waals surface area contributed by atoms with Crippen LogP contribution in [0.2, 0.25) is 0 Å². The third-order valence-electron chi connectivity index (χ3n) is 13.0. The van der Waals surface area contributed by atoms with Crippen LogP contribution in [0, 0.1) is 53.3 Å². The molecule has 9 heteroatoms. The van der Waals surface area contributed by atoms with E-state index in [4.69, 9.17) is 0 Å². The number of aromatic nitrogens is 2. The molecule has 0 spiro atoms. The normalized spacial score (nSPS) is 44.0. The molecule has 0 aromatic carbocycles. The van der Waals surface area contributed by atoms with E-state index in [0.717, 1.165) is 44.2 Å². The van der Waals surface area contributed by atoms with Crippen LogP contribution in [0.4, 0.5) is 5.82 Å². The summed E-state index contributed by atoms with van der Waals surface area (Å²) in [5.74, 6) is 3.79. The van der Waals surface area contributed by atoms with Crippen LogP contribution in [-0.4, -0.2) is 58.0 Å². The molecule has 1 aromatic rings. The molecular weight excluding hydrogens is 538 g/mol. The fraction of sp³-hybridized carbons (Fsp3) is 0.875. The summed E-state index contributed by atoms with van der Waals surface area (Å²) in [6.45, 7) is 8.94. The van der Waals surface area contributed by atoms with Gasteiger partial charge in [0, 0.05) is 12.5 Å². The van der Waals surface area contributed by atoms with Crippen LogP contribution >= 0.6 is 0 Å². The van der Waals surface area contributed by atoms with Gasteiger partial charge in [-0.1, -0.05) is 20.8 Å². The topological polar surface area (TPSA) is 122 Å². The van der Waals surface area contributed by atoms with Crippen molar-refractivity contribution in [2.75, 3.05) is 16.8 Å². The molecule has 1 saturated heterocycles. The molecule has 41 heavy (non-hydrogen) atoms. The van der Waals surface area contributed by atoms with Crippen LogP contribution in [0.25, 0.3) is 0 Å². The van der Waals surface area contributed by atoms with Gasteiger partial charge in [-0.3, -0.25) is 4.79 Å². The number of carbonyl (C=O) groups is 1. The molecule has 4 saturated carbocycles. The lowest BCUT2D eigenvalue weighted by Crippen LogP contribution is -2.58. The van der Waals surface area contributed by atoms with Crippen LogP contribution < -0.4 is 5.32 Å². The Morgan fingerprint density at radius 2 is 1.90 bits per heavy atom. The smallest absolute Gasteiger partial charge is 0.225 e. The number of aliphatic hydroxyl groups is 2. The van der Waals surface area contributed by atoms with E-state index in [2.05, 4.69) is 31.2 Å². The van der Waals surface area contributed by atoms with Crippen molar-refractivity contribution in [1.29, 1.82) is 0 Å². The van der Waals surface area contributed by atoms with E-state index in [9.17, 15) is 23.4 Å². The minimum absolute atomic E-state index is 0.0615. The van der Waals surface area contributed by atoms with Crippen molar-refractivity contribution < 1.29 is 23.4 Å². The number of aliphatic hydroxyl groups excluding tert-OH is 2. The first kappa shape index (κ1) is 29.6. The van der Waals surface area contributed by atoms with Gasteiger partial charge >= 0.3 is 0 Å². The number of rotatable bonds is 6. The van der Waals surface area contributed by atoms with E-state index in [1.165, 1.54) is 19.3 Å². The quantitative estimate of drug-likeness (QED) is 0.434. The van der Waals surface area contributed by atoms with Crippen molar-refractivity contribution in [2.45, 2.75) is 117 Å². The van der Waals surface area contributed by atoms with Crippen molar-refractivity contribution in [3.05, 3.63) is 11.8 Å². The van der Waals surface area contributed by atoms with Gasteiger partial charge in [0.1, 0.15) is 5.82 Å². The van der Waals surface area contributed by atoms with E-state index in [1.54, 1.807) is 4.68 Å². The number of fused-ring (bicyclic) bond motifs is 5. The van der Waals surface area contributed by atoms with Gasteiger partial charge in [0.2, 0.25) is 5.91 Å². The third-order valence-corrected chi connectivity index (χ3v) is 14.8. The van der Waals surface area contributed by atoms with Crippen molar-refractivity contribution in [3.8, 4) is 0 Å². The first-order valence-corrected chi connectivity index (χ1v) is 18.1. The highest BCUT2D eigenvalue weighted by molar-refractivity contribution is 7.91. The fourth-order valence-corrected chi connectivity index (χ4v) is 12.5. The number of carbonyl (C=O) groups excluding carboxylic acids is 1. The van der Waals surface area contributed by atoms with Gasteiger partial charge in [0.05, 0.1) is 35.4 Å². The van der Waals surface area contributed by atoms with Gasteiger partial charge in [0.25, 0.3) is 0 Å². The SMILES string of the molecule is Cc1cc(NC(=O)CC[C@@H](C)[C@H]2CC[C@H]3[C@@H]4CC[C@@H]5C[C@H](O)CC[C@]5(C)[C@H]4C[C@H](O)[C@]23C)n(C2CCS(=O)(=O)C2)n1. The molecule has 1 aliphatic heterocycles. The molecule has 230 valence electrons. The molecule has 0 radical (unpaired) electrons. The Hall–Kier alpha value is -1.45. The highest BCUT2D eigenvalue weighted by atomic mass is 32.2. The lowest BCUT2D eigenvalue weighted by Gasteiger charge is -2.62. The van der Waals surface area contributed by atoms with Gasteiger partial charge < -0.3 is 15.5 Å². The summed E-state index contributed by atoms with van der Waals surface area (Å²) in [4.78, 5) is 13.1. The molecule has 1 aromatic heterocycles. The molecular formula is C32H51N3O5S. The van der Waals surface area contributed by atoms with Crippen LogP contribution in [-0.2, 0) is 14.6 Å². The number of anilines is 1. The predicted octanol–water partition coefficient (Wildman–Crippen LogP) is 4.90. The average molecular weight is 590 g/mol. The molecule has 4 aliphatic carbocycles. The first-order chi connectivity index (χ1) is 19.3. The summed E-state index contributed by atoms with van der Waals surface area (Å²) in [7, 11) is -3.05. The molecule has 5 fully saturated rings. The Morgan fingerprint density at radius 1 is 1.12 bits per heavy atom. The maximum absolute atomic E-state index is 13.1. The number of nitrogens with zero attached hydrogens (tertiary/aromatic N) is 2. The number of hydrogen-bond acceptors (Lipinski definition) is 6. The zero-order chi connectivity index (χ0) is 29.3. The van der Waals surface area contributed by atoms with E-state index in [0.29, 0.717) is 54.2 Å². The minimum atomic E-state index is -3.05. The molecule has 3 N–H and O–H groups in total. The van der Waals surface area contributed by atoms with Crippen LogP contribution in [0.1, 0.15) is 103 Å². The van der Waals surface area contributed by atoms with Gasteiger partial charge in [-0.25, -0.2) is 13.1 Å². The molecule has 6 rings (SSSR count). The number of hydrogen-bond donors (Lipinski definition) is 3. The average Bonchev–Trinajstić information content (AvgIpc) is 3.58. The summed E-state index contributed by atoms with van der Waals surface area (Å²) in [6.07, 6.45) is 9.73. The summed E-state index contributed by atoms with van der Waals surface area (Å²) in [5.41, 5.74) is 0.887. The summed E-state index contributed by atoms with van der Waals surface area (Å²) < 4.78 is 25.7. The Kier molecular flexibility index (Phi) is 7.67. The Balaban J connectivity index is 1.10. The largest absolute Gasteiger partial charge is 0.393 e. The number of aryl methyl sites for hydroxylation is 1. The molecule has 2 heterocycles. The highest BCUT2D eigenvalue weighted by Gasteiger charge is 2.63.